The summed E-state index contributed by atoms with van der Waals surface area (Å²) in [6.45, 7) is 13.2. The zero-order valence-electron chi connectivity index (χ0n) is 10.7. The first-order chi connectivity index (χ1) is 7.63. The number of hydrogen-bond donors (Lipinski definition) is 0. The van der Waals surface area contributed by atoms with Crippen molar-refractivity contribution in [3.8, 4) is 0 Å². The third-order valence-corrected chi connectivity index (χ3v) is 3.05. The van der Waals surface area contributed by atoms with Crippen molar-refractivity contribution < 1.29 is 0 Å². The molecule has 0 aliphatic heterocycles. The quantitative estimate of drug-likeness (QED) is 0.524. The maximum absolute atomic E-state index is 3.81. The molecular formula is C15H21N. The van der Waals surface area contributed by atoms with Crippen LogP contribution in [0.5, 0.6) is 0 Å². The highest BCUT2D eigenvalue weighted by Gasteiger charge is 2.10. The largest absolute Gasteiger partial charge is 0.341 e. The van der Waals surface area contributed by atoms with Crippen LogP contribution >= 0.6 is 0 Å². The van der Waals surface area contributed by atoms with E-state index in [9.17, 15) is 0 Å². The Bertz CT molecular complexity index is 431. The second-order valence-corrected chi connectivity index (χ2v) is 4.00. The second-order valence-electron chi connectivity index (χ2n) is 4.00. The second kappa shape index (κ2) is 5.55. The highest BCUT2D eigenvalue weighted by molar-refractivity contribution is 5.56. The van der Waals surface area contributed by atoms with Crippen LogP contribution in [0, 0.1) is 20.8 Å². The van der Waals surface area contributed by atoms with Gasteiger partial charge in [0.15, 0.2) is 0 Å². The Balaban J connectivity index is 3.24. The lowest BCUT2D eigenvalue weighted by Gasteiger charge is -2.06. The van der Waals surface area contributed by atoms with Gasteiger partial charge in [0.25, 0.3) is 0 Å². The zero-order chi connectivity index (χ0) is 12.1. The minimum Gasteiger partial charge on any atom is -0.341 e. The molecule has 0 aliphatic carbocycles. The van der Waals surface area contributed by atoms with Gasteiger partial charge in [-0.1, -0.05) is 24.3 Å². The Kier molecular flexibility index (Phi) is 4.36. The van der Waals surface area contributed by atoms with Gasteiger partial charge >= 0.3 is 0 Å². The van der Waals surface area contributed by atoms with Crippen LogP contribution in [-0.2, 0) is 6.54 Å². The van der Waals surface area contributed by atoms with E-state index in [1.807, 2.05) is 19.1 Å². The van der Waals surface area contributed by atoms with E-state index in [4.69, 9.17) is 0 Å². The van der Waals surface area contributed by atoms with E-state index in [0.29, 0.717) is 0 Å². The van der Waals surface area contributed by atoms with Gasteiger partial charge in [-0.05, 0) is 44.9 Å². The summed E-state index contributed by atoms with van der Waals surface area (Å²) in [6, 6.07) is 0. The summed E-state index contributed by atoms with van der Waals surface area (Å²) in [5.41, 5.74) is 5.35. The molecule has 1 nitrogen and oxygen atoms in total. The molecule has 0 saturated carbocycles. The summed E-state index contributed by atoms with van der Waals surface area (Å²) in [6.07, 6.45) is 10.3. The minimum absolute atomic E-state index is 0.871. The molecule has 0 radical (unpaired) electrons. The van der Waals surface area contributed by atoms with Crippen LogP contribution in [0.15, 0.2) is 30.9 Å². The van der Waals surface area contributed by atoms with Crippen molar-refractivity contribution in [2.45, 2.75) is 34.2 Å². The van der Waals surface area contributed by atoms with Crippen LogP contribution in [0.3, 0.4) is 0 Å². The summed E-state index contributed by atoms with van der Waals surface area (Å²) < 4.78 is 2.30. The molecule has 0 bridgehead atoms. The van der Waals surface area contributed by atoms with E-state index >= 15 is 0 Å². The first-order valence-corrected chi connectivity index (χ1v) is 5.70. The molecule has 0 amide bonds. The summed E-state index contributed by atoms with van der Waals surface area (Å²) in [4.78, 5) is 0. The van der Waals surface area contributed by atoms with Crippen LogP contribution in [0.4, 0.5) is 0 Å². The third kappa shape index (κ3) is 2.35. The molecule has 0 unspecified atom stereocenters. The molecule has 16 heavy (non-hydrogen) atoms. The van der Waals surface area contributed by atoms with Crippen molar-refractivity contribution >= 4 is 6.08 Å². The van der Waals surface area contributed by atoms with Crippen molar-refractivity contribution in [2.75, 3.05) is 0 Å². The maximum Gasteiger partial charge on any atom is 0.0444 e. The molecule has 1 aromatic rings. The Morgan fingerprint density at radius 2 is 1.81 bits per heavy atom. The van der Waals surface area contributed by atoms with Gasteiger partial charge in [-0.25, -0.2) is 0 Å². The molecule has 0 N–H and O–H groups in total. The molecule has 0 saturated heterocycles. The number of hydrogen-bond acceptors (Lipinski definition) is 0. The van der Waals surface area contributed by atoms with Gasteiger partial charge in [0.1, 0.15) is 0 Å². The minimum atomic E-state index is 0.871. The molecule has 1 heteroatoms. The maximum atomic E-state index is 3.81. The first kappa shape index (κ1) is 12.6. The Morgan fingerprint density at radius 3 is 2.38 bits per heavy atom. The molecule has 0 spiro atoms. The standard InChI is InChI=1S/C15H21N/c1-6-8-9-10-15-13(4)12(3)14(5)16(15)11-7-2/h6-10H,2,11H2,1,3-5H3. The summed E-state index contributed by atoms with van der Waals surface area (Å²) in [5.74, 6) is 0. The number of allylic oxidation sites excluding steroid dienone is 4. The fraction of sp³-hybridized carbons (Fsp3) is 0.333. The molecule has 0 fully saturated rings. The lowest BCUT2D eigenvalue weighted by Crippen LogP contribution is -2.00. The Labute approximate surface area is 98.8 Å². The zero-order valence-corrected chi connectivity index (χ0v) is 10.7. The van der Waals surface area contributed by atoms with Gasteiger partial charge in [-0.15, -0.1) is 6.58 Å². The van der Waals surface area contributed by atoms with Gasteiger partial charge in [0.05, 0.1) is 0 Å². The summed E-state index contributed by atoms with van der Waals surface area (Å²) >= 11 is 0. The molecule has 86 valence electrons. The predicted octanol–water partition coefficient (Wildman–Crippen LogP) is 4.19. The molecule has 1 aromatic heterocycles. The molecule has 0 aromatic carbocycles. The van der Waals surface area contributed by atoms with E-state index in [1.165, 1.54) is 22.5 Å². The molecule has 0 atom stereocenters. The van der Waals surface area contributed by atoms with E-state index in [0.717, 1.165) is 6.54 Å². The predicted molar refractivity (Wildman–Crippen MR) is 72.7 cm³/mol. The monoisotopic (exact) mass is 215 g/mol. The first-order valence-electron chi connectivity index (χ1n) is 5.70. The third-order valence-electron chi connectivity index (χ3n) is 3.05. The van der Waals surface area contributed by atoms with Crippen molar-refractivity contribution in [1.29, 1.82) is 0 Å². The topological polar surface area (TPSA) is 4.93 Å². The Morgan fingerprint density at radius 1 is 1.12 bits per heavy atom. The van der Waals surface area contributed by atoms with Gasteiger partial charge in [-0.2, -0.15) is 0 Å². The lowest BCUT2D eigenvalue weighted by atomic mass is 10.1. The van der Waals surface area contributed by atoms with Crippen LogP contribution < -0.4 is 0 Å². The number of rotatable bonds is 4. The van der Waals surface area contributed by atoms with Crippen LogP contribution in [0.2, 0.25) is 0 Å². The summed E-state index contributed by atoms with van der Waals surface area (Å²) in [5, 5.41) is 0. The highest BCUT2D eigenvalue weighted by Crippen LogP contribution is 2.22. The van der Waals surface area contributed by atoms with Crippen LogP contribution in [0.1, 0.15) is 29.4 Å². The van der Waals surface area contributed by atoms with Crippen molar-refractivity contribution in [2.24, 2.45) is 0 Å². The van der Waals surface area contributed by atoms with Gasteiger partial charge in [0.2, 0.25) is 0 Å². The highest BCUT2D eigenvalue weighted by atomic mass is 15.0. The van der Waals surface area contributed by atoms with Crippen molar-refractivity contribution in [3.05, 3.63) is 53.4 Å². The van der Waals surface area contributed by atoms with Crippen LogP contribution in [-0.4, -0.2) is 4.57 Å². The van der Waals surface area contributed by atoms with E-state index in [1.54, 1.807) is 0 Å². The van der Waals surface area contributed by atoms with E-state index in [2.05, 4.69) is 50.1 Å². The normalized spacial score (nSPS) is 11.8. The van der Waals surface area contributed by atoms with Crippen molar-refractivity contribution in [3.63, 3.8) is 0 Å². The molecule has 1 rings (SSSR count). The van der Waals surface area contributed by atoms with E-state index in [-0.39, 0.29) is 0 Å². The van der Waals surface area contributed by atoms with Gasteiger partial charge < -0.3 is 4.57 Å². The fourth-order valence-corrected chi connectivity index (χ4v) is 1.89. The molecule has 1 heterocycles. The fourth-order valence-electron chi connectivity index (χ4n) is 1.89. The average Bonchev–Trinajstić information content (AvgIpc) is 2.47. The molecular weight excluding hydrogens is 194 g/mol. The lowest BCUT2D eigenvalue weighted by molar-refractivity contribution is 0.785. The number of aromatic nitrogens is 1. The van der Waals surface area contributed by atoms with E-state index < -0.39 is 0 Å². The number of nitrogens with zero attached hydrogens (tertiary/aromatic N) is 1. The average molecular weight is 215 g/mol. The van der Waals surface area contributed by atoms with Crippen LogP contribution in [0.25, 0.3) is 6.08 Å². The SMILES string of the molecule is C=CCn1c(C)c(C)c(C)c1C=CC=CC. The van der Waals surface area contributed by atoms with Gasteiger partial charge in [-0.3, -0.25) is 0 Å². The summed E-state index contributed by atoms with van der Waals surface area (Å²) in [7, 11) is 0. The Hall–Kier alpha value is -1.50. The van der Waals surface area contributed by atoms with Gasteiger partial charge in [0, 0.05) is 17.9 Å². The smallest absolute Gasteiger partial charge is 0.0444 e. The molecule has 0 aliphatic rings. The van der Waals surface area contributed by atoms with Crippen molar-refractivity contribution in [1.82, 2.24) is 4.57 Å².